The molecule has 0 unspecified atom stereocenters. The second-order valence-corrected chi connectivity index (χ2v) is 4.74. The van der Waals surface area contributed by atoms with Gasteiger partial charge in [-0.3, -0.25) is 0 Å². The van der Waals surface area contributed by atoms with Crippen LogP contribution in [-0.2, 0) is 5.54 Å². The topological polar surface area (TPSA) is 78.1 Å². The first-order valence-electron chi connectivity index (χ1n) is 5.55. The van der Waals surface area contributed by atoms with Crippen LogP contribution in [0, 0.1) is 0 Å². The number of nitrogens with two attached hydrogens (primary N) is 1. The molecule has 0 spiro atoms. The van der Waals surface area contributed by atoms with Gasteiger partial charge < -0.3 is 14.7 Å². The van der Waals surface area contributed by atoms with E-state index < -0.39 is 5.54 Å². The molecule has 5 nitrogen and oxygen atoms in total. The lowest BCUT2D eigenvalue weighted by Crippen LogP contribution is -2.34. The van der Waals surface area contributed by atoms with Crippen molar-refractivity contribution in [3.8, 4) is 11.5 Å². The molecule has 3 rings (SSSR count). The van der Waals surface area contributed by atoms with Gasteiger partial charge in [-0.05, 0) is 30.5 Å². The molecule has 2 N–H and O–H groups in total. The third kappa shape index (κ3) is 1.75. The van der Waals surface area contributed by atoms with Crippen LogP contribution in [0.25, 0.3) is 11.5 Å². The quantitative estimate of drug-likeness (QED) is 0.890. The van der Waals surface area contributed by atoms with E-state index in [0.29, 0.717) is 17.3 Å². The second-order valence-electron chi connectivity index (χ2n) is 4.39. The second kappa shape index (κ2) is 3.85. The highest BCUT2D eigenvalue weighted by Gasteiger charge is 2.36. The van der Waals surface area contributed by atoms with E-state index in [2.05, 4.69) is 10.1 Å². The molecular weight excluding hydrogens is 242 g/mol. The van der Waals surface area contributed by atoms with Crippen LogP contribution in [0.5, 0.6) is 0 Å². The first-order valence-corrected chi connectivity index (χ1v) is 5.93. The molecule has 6 heteroatoms. The molecule has 1 aliphatic rings. The smallest absolute Gasteiger partial charge is 0.262 e. The van der Waals surface area contributed by atoms with Crippen LogP contribution >= 0.6 is 11.6 Å². The van der Waals surface area contributed by atoms with Crippen molar-refractivity contribution in [3.63, 3.8) is 0 Å². The molecule has 1 saturated carbocycles. The zero-order valence-electron chi connectivity index (χ0n) is 9.15. The highest BCUT2D eigenvalue weighted by molar-refractivity contribution is 6.31. The highest BCUT2D eigenvalue weighted by Crippen LogP contribution is 2.36. The zero-order chi connectivity index (χ0) is 11.9. The van der Waals surface area contributed by atoms with E-state index in [1.54, 1.807) is 6.07 Å². The van der Waals surface area contributed by atoms with Crippen molar-refractivity contribution in [2.24, 2.45) is 5.73 Å². The third-order valence-electron chi connectivity index (χ3n) is 3.22. The average molecular weight is 254 g/mol. The number of nitrogens with zero attached hydrogens (tertiary/aromatic N) is 2. The molecule has 0 aliphatic heterocycles. The van der Waals surface area contributed by atoms with Crippen LogP contribution in [-0.4, -0.2) is 10.1 Å². The Morgan fingerprint density at radius 1 is 1.35 bits per heavy atom. The van der Waals surface area contributed by atoms with Crippen LogP contribution in [0.4, 0.5) is 0 Å². The summed E-state index contributed by atoms with van der Waals surface area (Å²) in [6.07, 6.45) is 5.48. The SMILES string of the molecule is NC1(c2noc(-c3ccoc3Cl)n2)CCCC1. The number of halogens is 1. The minimum atomic E-state index is -0.446. The molecule has 2 aromatic heterocycles. The lowest BCUT2D eigenvalue weighted by molar-refractivity contribution is 0.372. The van der Waals surface area contributed by atoms with Gasteiger partial charge >= 0.3 is 0 Å². The summed E-state index contributed by atoms with van der Waals surface area (Å²) in [6.45, 7) is 0. The van der Waals surface area contributed by atoms with Gasteiger partial charge in [-0.2, -0.15) is 4.98 Å². The van der Waals surface area contributed by atoms with Gasteiger partial charge in [0.1, 0.15) is 0 Å². The maximum atomic E-state index is 6.24. The van der Waals surface area contributed by atoms with Gasteiger partial charge in [-0.1, -0.05) is 18.0 Å². The Balaban J connectivity index is 1.96. The van der Waals surface area contributed by atoms with Crippen LogP contribution in [0.3, 0.4) is 0 Å². The van der Waals surface area contributed by atoms with Crippen LogP contribution in [0.2, 0.25) is 5.22 Å². The van der Waals surface area contributed by atoms with Gasteiger partial charge in [-0.25, -0.2) is 0 Å². The summed E-state index contributed by atoms with van der Waals surface area (Å²) in [6, 6.07) is 1.69. The van der Waals surface area contributed by atoms with Crippen molar-refractivity contribution < 1.29 is 8.94 Å². The standard InChI is InChI=1S/C11H12ClN3O2/c12-8-7(3-6-16-8)9-14-10(15-17-9)11(13)4-1-2-5-11/h3,6H,1-2,4-5,13H2. The van der Waals surface area contributed by atoms with Gasteiger partial charge in [0, 0.05) is 0 Å². The summed E-state index contributed by atoms with van der Waals surface area (Å²) in [4.78, 5) is 4.32. The van der Waals surface area contributed by atoms with Gasteiger partial charge in [0.05, 0.1) is 17.4 Å². The van der Waals surface area contributed by atoms with Crippen molar-refractivity contribution in [1.82, 2.24) is 10.1 Å². The minimum absolute atomic E-state index is 0.248. The summed E-state index contributed by atoms with van der Waals surface area (Å²) in [5, 5.41) is 4.20. The zero-order valence-corrected chi connectivity index (χ0v) is 9.91. The monoisotopic (exact) mass is 253 g/mol. The minimum Gasteiger partial charge on any atom is -0.452 e. The maximum absolute atomic E-state index is 6.24. The first kappa shape index (κ1) is 10.8. The maximum Gasteiger partial charge on any atom is 0.262 e. The van der Waals surface area contributed by atoms with Gasteiger partial charge in [0.15, 0.2) is 5.82 Å². The Labute approximate surface area is 103 Å². The molecule has 1 fully saturated rings. The largest absolute Gasteiger partial charge is 0.452 e. The predicted octanol–water partition coefficient (Wildman–Crippen LogP) is 2.71. The lowest BCUT2D eigenvalue weighted by Gasteiger charge is -2.17. The fraction of sp³-hybridized carbons (Fsp3) is 0.455. The Kier molecular flexibility index (Phi) is 2.45. The summed E-state index contributed by atoms with van der Waals surface area (Å²) >= 11 is 5.85. The molecule has 0 amide bonds. The van der Waals surface area contributed by atoms with E-state index in [4.69, 9.17) is 26.3 Å². The Bertz CT molecular complexity index is 528. The van der Waals surface area contributed by atoms with Crippen molar-refractivity contribution >= 4 is 11.6 Å². The highest BCUT2D eigenvalue weighted by atomic mass is 35.5. The molecule has 1 aliphatic carbocycles. The summed E-state index contributed by atoms with van der Waals surface area (Å²) in [5.41, 5.74) is 6.40. The third-order valence-corrected chi connectivity index (χ3v) is 3.51. The molecule has 2 heterocycles. The Morgan fingerprint density at radius 2 is 2.12 bits per heavy atom. The summed E-state index contributed by atoms with van der Waals surface area (Å²) in [7, 11) is 0. The molecule has 0 saturated heterocycles. The van der Waals surface area contributed by atoms with E-state index in [1.165, 1.54) is 6.26 Å². The number of furan rings is 1. The van der Waals surface area contributed by atoms with Crippen molar-refractivity contribution in [2.75, 3.05) is 0 Å². The van der Waals surface area contributed by atoms with Crippen molar-refractivity contribution in [3.05, 3.63) is 23.4 Å². The fourth-order valence-corrected chi connectivity index (χ4v) is 2.41. The number of rotatable bonds is 2. The Hall–Kier alpha value is -1.33. The van der Waals surface area contributed by atoms with E-state index in [-0.39, 0.29) is 5.22 Å². The Morgan fingerprint density at radius 3 is 2.76 bits per heavy atom. The number of aromatic nitrogens is 2. The molecule has 90 valence electrons. The van der Waals surface area contributed by atoms with E-state index >= 15 is 0 Å². The summed E-state index contributed by atoms with van der Waals surface area (Å²) in [5.74, 6) is 0.915. The normalized spacial score (nSPS) is 18.7. The fourth-order valence-electron chi connectivity index (χ4n) is 2.21. The molecule has 17 heavy (non-hydrogen) atoms. The van der Waals surface area contributed by atoms with Crippen molar-refractivity contribution in [1.29, 1.82) is 0 Å². The van der Waals surface area contributed by atoms with Crippen LogP contribution in [0.1, 0.15) is 31.5 Å². The van der Waals surface area contributed by atoms with E-state index in [9.17, 15) is 0 Å². The number of hydrogen-bond donors (Lipinski definition) is 1. The average Bonchev–Trinajstić information content (AvgIpc) is 2.97. The van der Waals surface area contributed by atoms with Gasteiger partial charge in [0.2, 0.25) is 5.22 Å². The van der Waals surface area contributed by atoms with Gasteiger partial charge in [0.25, 0.3) is 5.89 Å². The van der Waals surface area contributed by atoms with Crippen molar-refractivity contribution in [2.45, 2.75) is 31.2 Å². The van der Waals surface area contributed by atoms with E-state index in [1.807, 2.05) is 0 Å². The van der Waals surface area contributed by atoms with Crippen LogP contribution in [0.15, 0.2) is 21.3 Å². The number of hydrogen-bond acceptors (Lipinski definition) is 5. The molecule has 0 atom stereocenters. The lowest BCUT2D eigenvalue weighted by atomic mass is 9.99. The molecule has 0 aromatic carbocycles. The molecule has 0 bridgehead atoms. The summed E-state index contributed by atoms with van der Waals surface area (Å²) < 4.78 is 10.2. The first-order chi connectivity index (χ1) is 8.19. The molecular formula is C11H12ClN3O2. The molecule has 0 radical (unpaired) electrons. The predicted molar refractivity (Wildman–Crippen MR) is 61.3 cm³/mol. The van der Waals surface area contributed by atoms with Crippen LogP contribution < -0.4 is 5.73 Å². The molecule has 2 aromatic rings. The van der Waals surface area contributed by atoms with E-state index in [0.717, 1.165) is 25.7 Å². The van der Waals surface area contributed by atoms with Gasteiger partial charge in [-0.15, -0.1) is 0 Å².